The molecule has 0 bridgehead atoms. The fourth-order valence-corrected chi connectivity index (χ4v) is 3.45. The molecule has 3 aromatic rings. The molecule has 1 N–H and O–H groups in total. The maximum Gasteiger partial charge on any atom is 0.336 e. The van der Waals surface area contributed by atoms with E-state index in [1.165, 1.54) is 11.6 Å². The predicted molar refractivity (Wildman–Crippen MR) is 98.6 cm³/mol. The Morgan fingerprint density at radius 1 is 1.19 bits per heavy atom. The van der Waals surface area contributed by atoms with Crippen molar-refractivity contribution in [1.29, 1.82) is 0 Å². The first kappa shape index (κ1) is 16.7. The van der Waals surface area contributed by atoms with Gasteiger partial charge in [0.2, 0.25) is 0 Å². The number of fused-ring (bicyclic) bond motifs is 2. The Balaban J connectivity index is 1.40. The van der Waals surface area contributed by atoms with Crippen LogP contribution in [0, 0.1) is 0 Å². The zero-order valence-corrected chi connectivity index (χ0v) is 14.6. The van der Waals surface area contributed by atoms with Crippen molar-refractivity contribution in [1.82, 2.24) is 5.32 Å². The minimum absolute atomic E-state index is 0.0204. The molecule has 1 aliphatic rings. The Kier molecular flexibility index (Phi) is 4.39. The van der Waals surface area contributed by atoms with Crippen LogP contribution in [-0.2, 0) is 11.2 Å². The molecule has 1 aliphatic carbocycles. The second-order valence-corrected chi connectivity index (χ2v) is 6.68. The lowest BCUT2D eigenvalue weighted by Gasteiger charge is -2.14. The highest BCUT2D eigenvalue weighted by Crippen LogP contribution is 2.32. The van der Waals surface area contributed by atoms with Crippen LogP contribution in [0.3, 0.4) is 0 Å². The molecule has 26 heavy (non-hydrogen) atoms. The van der Waals surface area contributed by atoms with Crippen LogP contribution >= 0.6 is 11.6 Å². The van der Waals surface area contributed by atoms with E-state index in [9.17, 15) is 9.59 Å². The second-order valence-electron chi connectivity index (χ2n) is 6.24. The average Bonchev–Trinajstić information content (AvgIpc) is 3.01. The number of amides is 1. The lowest BCUT2D eigenvalue weighted by molar-refractivity contribution is -0.123. The molecule has 1 atom stereocenters. The van der Waals surface area contributed by atoms with Crippen LogP contribution < -0.4 is 15.7 Å². The maximum atomic E-state index is 12.2. The van der Waals surface area contributed by atoms with Gasteiger partial charge >= 0.3 is 5.63 Å². The molecular weight excluding hydrogens is 354 g/mol. The van der Waals surface area contributed by atoms with E-state index in [4.69, 9.17) is 20.8 Å². The molecule has 2 aromatic carbocycles. The molecule has 1 amide bonds. The van der Waals surface area contributed by atoms with Gasteiger partial charge in [0.25, 0.3) is 5.91 Å². The molecule has 4 rings (SSSR count). The molecule has 132 valence electrons. The van der Waals surface area contributed by atoms with E-state index in [1.54, 1.807) is 24.3 Å². The first-order valence-corrected chi connectivity index (χ1v) is 8.71. The predicted octanol–water partition coefficient (Wildman–Crippen LogP) is 3.63. The van der Waals surface area contributed by atoms with Crippen molar-refractivity contribution in [2.45, 2.75) is 18.9 Å². The minimum atomic E-state index is -0.424. The van der Waals surface area contributed by atoms with Gasteiger partial charge in [-0.15, -0.1) is 0 Å². The Morgan fingerprint density at radius 2 is 2.04 bits per heavy atom. The van der Waals surface area contributed by atoms with Crippen LogP contribution in [0.25, 0.3) is 11.0 Å². The summed E-state index contributed by atoms with van der Waals surface area (Å²) in [7, 11) is 0. The highest BCUT2D eigenvalue weighted by Gasteiger charge is 2.24. The molecule has 0 fully saturated rings. The number of carbonyl (C=O) groups is 1. The van der Waals surface area contributed by atoms with Crippen molar-refractivity contribution in [2.75, 3.05) is 6.61 Å². The van der Waals surface area contributed by atoms with Crippen LogP contribution in [0.1, 0.15) is 23.6 Å². The van der Waals surface area contributed by atoms with Crippen molar-refractivity contribution in [3.05, 3.63) is 75.1 Å². The van der Waals surface area contributed by atoms with Gasteiger partial charge in [0.1, 0.15) is 11.3 Å². The number of halogens is 1. The summed E-state index contributed by atoms with van der Waals surface area (Å²) in [6.45, 7) is -0.109. The summed E-state index contributed by atoms with van der Waals surface area (Å²) in [5.74, 6) is 0.271. The van der Waals surface area contributed by atoms with Crippen LogP contribution in [0.2, 0.25) is 5.02 Å². The van der Waals surface area contributed by atoms with Gasteiger partial charge < -0.3 is 14.5 Å². The monoisotopic (exact) mass is 369 g/mol. The first-order chi connectivity index (χ1) is 12.6. The van der Waals surface area contributed by atoms with Crippen molar-refractivity contribution in [3.63, 3.8) is 0 Å². The molecule has 0 radical (unpaired) electrons. The summed E-state index contributed by atoms with van der Waals surface area (Å²) in [4.78, 5) is 23.5. The van der Waals surface area contributed by atoms with Gasteiger partial charge in [0, 0.05) is 22.5 Å². The van der Waals surface area contributed by atoms with Crippen LogP contribution in [0.4, 0.5) is 0 Å². The Morgan fingerprint density at radius 3 is 2.92 bits per heavy atom. The van der Waals surface area contributed by atoms with Gasteiger partial charge in [-0.05, 0) is 54.3 Å². The number of benzene rings is 2. The molecule has 1 unspecified atom stereocenters. The standard InChI is InChI=1S/C20H16ClNO4/c21-14-4-6-16-13(9-14)2-7-17(16)22-19(23)11-25-15-5-1-12-3-8-20(24)26-18(12)10-15/h1,3-6,8-10,17H,2,7,11H2,(H,22,23). The third-order valence-electron chi connectivity index (χ3n) is 4.48. The summed E-state index contributed by atoms with van der Waals surface area (Å²) in [5.41, 5.74) is 2.29. The van der Waals surface area contributed by atoms with E-state index in [2.05, 4.69) is 5.32 Å². The number of hydrogen-bond donors (Lipinski definition) is 1. The summed E-state index contributed by atoms with van der Waals surface area (Å²) in [5, 5.41) is 4.49. The molecular formula is C20H16ClNO4. The molecule has 1 aromatic heterocycles. The number of ether oxygens (including phenoxy) is 1. The quantitative estimate of drug-likeness (QED) is 0.713. The molecule has 0 spiro atoms. The first-order valence-electron chi connectivity index (χ1n) is 8.33. The van der Waals surface area contributed by atoms with E-state index in [1.807, 2.05) is 18.2 Å². The van der Waals surface area contributed by atoms with Crippen LogP contribution in [0.15, 0.2) is 57.7 Å². The zero-order valence-electron chi connectivity index (χ0n) is 13.8. The molecule has 0 saturated carbocycles. The second kappa shape index (κ2) is 6.84. The van der Waals surface area contributed by atoms with Gasteiger partial charge in [0.15, 0.2) is 6.61 Å². The normalized spacial score (nSPS) is 15.7. The molecule has 6 heteroatoms. The summed E-state index contributed by atoms with van der Waals surface area (Å²) >= 11 is 6.01. The van der Waals surface area contributed by atoms with Crippen molar-refractivity contribution < 1.29 is 13.9 Å². The topological polar surface area (TPSA) is 68.5 Å². The molecule has 0 saturated heterocycles. The van der Waals surface area contributed by atoms with Crippen LogP contribution in [0.5, 0.6) is 5.75 Å². The third kappa shape index (κ3) is 3.44. The third-order valence-corrected chi connectivity index (χ3v) is 4.72. The number of nitrogens with one attached hydrogen (secondary N) is 1. The summed E-state index contributed by atoms with van der Waals surface area (Å²) in [6, 6.07) is 13.9. The maximum absolute atomic E-state index is 12.2. The lowest BCUT2D eigenvalue weighted by atomic mass is 10.1. The highest BCUT2D eigenvalue weighted by atomic mass is 35.5. The van der Waals surface area contributed by atoms with E-state index in [0.29, 0.717) is 16.4 Å². The average molecular weight is 370 g/mol. The zero-order chi connectivity index (χ0) is 18.1. The van der Waals surface area contributed by atoms with E-state index in [0.717, 1.165) is 23.8 Å². The Labute approximate surface area is 154 Å². The minimum Gasteiger partial charge on any atom is -0.484 e. The largest absolute Gasteiger partial charge is 0.484 e. The van der Waals surface area contributed by atoms with Gasteiger partial charge in [-0.2, -0.15) is 0 Å². The number of hydrogen-bond acceptors (Lipinski definition) is 4. The fraction of sp³-hybridized carbons (Fsp3) is 0.200. The SMILES string of the molecule is O=C(COc1ccc2ccc(=O)oc2c1)NC1CCc2cc(Cl)ccc21. The fourth-order valence-electron chi connectivity index (χ4n) is 3.25. The van der Waals surface area contributed by atoms with E-state index < -0.39 is 5.63 Å². The van der Waals surface area contributed by atoms with Gasteiger partial charge in [-0.3, -0.25) is 4.79 Å². The summed E-state index contributed by atoms with van der Waals surface area (Å²) in [6.07, 6.45) is 1.74. The van der Waals surface area contributed by atoms with Crippen molar-refractivity contribution in [3.8, 4) is 5.75 Å². The van der Waals surface area contributed by atoms with E-state index in [-0.39, 0.29) is 18.6 Å². The Bertz CT molecular complexity index is 1040. The van der Waals surface area contributed by atoms with E-state index >= 15 is 0 Å². The van der Waals surface area contributed by atoms with Gasteiger partial charge in [0.05, 0.1) is 6.04 Å². The number of carbonyl (C=O) groups excluding carboxylic acids is 1. The molecule has 1 heterocycles. The lowest BCUT2D eigenvalue weighted by Crippen LogP contribution is -2.31. The number of rotatable bonds is 4. The van der Waals surface area contributed by atoms with Crippen LogP contribution in [-0.4, -0.2) is 12.5 Å². The summed E-state index contributed by atoms with van der Waals surface area (Å²) < 4.78 is 10.7. The van der Waals surface area contributed by atoms with Crippen molar-refractivity contribution in [2.24, 2.45) is 0 Å². The Hall–Kier alpha value is -2.79. The number of aryl methyl sites for hydroxylation is 1. The van der Waals surface area contributed by atoms with Gasteiger partial charge in [-0.1, -0.05) is 17.7 Å². The smallest absolute Gasteiger partial charge is 0.336 e. The molecule has 5 nitrogen and oxygen atoms in total. The van der Waals surface area contributed by atoms with Crippen molar-refractivity contribution >= 4 is 28.5 Å². The molecule has 0 aliphatic heterocycles. The highest BCUT2D eigenvalue weighted by molar-refractivity contribution is 6.30. The van der Waals surface area contributed by atoms with Gasteiger partial charge in [-0.25, -0.2) is 4.79 Å².